The highest BCUT2D eigenvalue weighted by Gasteiger charge is 2.38. The first kappa shape index (κ1) is 17.8. The first-order chi connectivity index (χ1) is 13.1. The Bertz CT molecular complexity index is 856. The van der Waals surface area contributed by atoms with E-state index in [1.165, 1.54) is 28.7 Å². The molecule has 0 aliphatic carbocycles. The molecule has 2 aromatic carbocycles. The normalized spacial score (nSPS) is 21.6. The van der Waals surface area contributed by atoms with Crippen LogP contribution in [0.3, 0.4) is 0 Å². The lowest BCUT2D eigenvalue weighted by Gasteiger charge is -2.44. The molecule has 0 saturated carbocycles. The molecule has 0 radical (unpaired) electrons. The van der Waals surface area contributed by atoms with E-state index in [1.54, 1.807) is 0 Å². The second kappa shape index (κ2) is 7.59. The summed E-state index contributed by atoms with van der Waals surface area (Å²) in [6, 6.07) is 16.8. The number of nitrogens with zero attached hydrogens (tertiary/aromatic N) is 1. The lowest BCUT2D eigenvalue weighted by molar-refractivity contribution is 0.0510. The number of fused-ring (bicyclic) bond motifs is 2. The summed E-state index contributed by atoms with van der Waals surface area (Å²) in [6.45, 7) is 4.70. The number of aryl methyl sites for hydroxylation is 1. The van der Waals surface area contributed by atoms with Gasteiger partial charge in [0.05, 0.1) is 6.04 Å². The third-order valence-corrected chi connectivity index (χ3v) is 6.00. The van der Waals surface area contributed by atoms with Crippen molar-refractivity contribution in [2.24, 2.45) is 0 Å². The van der Waals surface area contributed by atoms with Crippen molar-refractivity contribution in [1.82, 2.24) is 4.90 Å². The second-order valence-corrected chi connectivity index (χ2v) is 7.74. The molecule has 4 rings (SSSR count). The molecular weight excluding hydrogens is 334 g/mol. The van der Waals surface area contributed by atoms with Gasteiger partial charge in [-0.3, -0.25) is 4.90 Å². The first-order valence-corrected chi connectivity index (χ1v) is 9.90. The predicted molar refractivity (Wildman–Crippen MR) is 108 cm³/mol. The number of carbonyl (C=O) groups excluding carboxylic acids is 1. The van der Waals surface area contributed by atoms with Gasteiger partial charge in [0.2, 0.25) is 0 Å². The van der Waals surface area contributed by atoms with Crippen molar-refractivity contribution in [1.29, 1.82) is 0 Å². The third kappa shape index (κ3) is 3.64. The quantitative estimate of drug-likeness (QED) is 0.707. The van der Waals surface area contributed by atoms with Gasteiger partial charge in [-0.15, -0.1) is 0 Å². The van der Waals surface area contributed by atoms with Gasteiger partial charge in [0.25, 0.3) is 0 Å². The molecule has 2 aliphatic rings. The molecule has 27 heavy (non-hydrogen) atoms. The Morgan fingerprint density at radius 2 is 1.89 bits per heavy atom. The van der Waals surface area contributed by atoms with E-state index in [1.807, 2.05) is 35.2 Å². The van der Waals surface area contributed by atoms with E-state index in [0.29, 0.717) is 6.61 Å². The van der Waals surface area contributed by atoms with E-state index >= 15 is 0 Å². The summed E-state index contributed by atoms with van der Waals surface area (Å²) in [5.74, 6) is 0. The average molecular weight is 361 g/mol. The predicted octanol–water partition coefficient (Wildman–Crippen LogP) is 5.65. The summed E-state index contributed by atoms with van der Waals surface area (Å²) < 4.78 is 5.65. The van der Waals surface area contributed by atoms with Crippen molar-refractivity contribution in [3.05, 3.63) is 76.9 Å². The fourth-order valence-corrected chi connectivity index (χ4v) is 4.41. The number of ether oxygens (including phenoxy) is 1. The molecule has 2 aliphatic heterocycles. The number of benzene rings is 2. The van der Waals surface area contributed by atoms with Crippen LogP contribution in [0.1, 0.15) is 47.9 Å². The van der Waals surface area contributed by atoms with Gasteiger partial charge in [0.1, 0.15) is 6.61 Å². The molecule has 2 bridgehead atoms. The van der Waals surface area contributed by atoms with Crippen LogP contribution in [-0.4, -0.2) is 23.1 Å². The maximum atomic E-state index is 12.8. The topological polar surface area (TPSA) is 29.5 Å². The largest absolute Gasteiger partial charge is 0.445 e. The minimum Gasteiger partial charge on any atom is -0.445 e. The van der Waals surface area contributed by atoms with Gasteiger partial charge in [0, 0.05) is 6.04 Å². The van der Waals surface area contributed by atoms with E-state index in [-0.39, 0.29) is 18.2 Å². The van der Waals surface area contributed by atoms with Gasteiger partial charge in [-0.1, -0.05) is 54.6 Å². The molecule has 140 valence electrons. The average Bonchev–Trinajstić information content (AvgIpc) is 2.68. The molecule has 1 amide bonds. The van der Waals surface area contributed by atoms with Crippen molar-refractivity contribution in [2.45, 2.75) is 58.2 Å². The zero-order valence-electron chi connectivity index (χ0n) is 16.2. The maximum absolute atomic E-state index is 12.8. The Morgan fingerprint density at radius 1 is 1.07 bits per heavy atom. The number of piperidine rings is 1. The molecular formula is C24H27NO2. The molecule has 2 aromatic rings. The molecule has 3 nitrogen and oxygen atoms in total. The third-order valence-electron chi connectivity index (χ3n) is 6.00. The van der Waals surface area contributed by atoms with Crippen LogP contribution >= 0.6 is 0 Å². The summed E-state index contributed by atoms with van der Waals surface area (Å²) >= 11 is 0. The molecule has 0 N–H and O–H groups in total. The Morgan fingerprint density at radius 3 is 2.67 bits per heavy atom. The molecule has 2 heterocycles. The van der Waals surface area contributed by atoms with Gasteiger partial charge in [0.15, 0.2) is 0 Å². The van der Waals surface area contributed by atoms with Crippen LogP contribution in [0, 0.1) is 13.8 Å². The van der Waals surface area contributed by atoms with Crippen LogP contribution in [0.5, 0.6) is 0 Å². The molecule has 2 atom stereocenters. The van der Waals surface area contributed by atoms with Gasteiger partial charge in [-0.2, -0.15) is 0 Å². The van der Waals surface area contributed by atoms with Crippen molar-refractivity contribution >= 4 is 11.7 Å². The van der Waals surface area contributed by atoms with Crippen LogP contribution in [-0.2, 0) is 11.3 Å². The maximum Gasteiger partial charge on any atom is 0.410 e. The fourth-order valence-electron chi connectivity index (χ4n) is 4.41. The molecule has 1 fully saturated rings. The minimum absolute atomic E-state index is 0.149. The van der Waals surface area contributed by atoms with Crippen molar-refractivity contribution in [2.75, 3.05) is 0 Å². The van der Waals surface area contributed by atoms with Gasteiger partial charge in [-0.25, -0.2) is 4.79 Å². The molecule has 3 heteroatoms. The van der Waals surface area contributed by atoms with Crippen LogP contribution in [0.25, 0.3) is 5.57 Å². The standard InChI is InChI=1S/C24H27NO2/c1-17-8-6-13-23(18(17)2)20-14-21-11-7-12-22(15-20)25(21)24(26)27-16-19-9-4-3-5-10-19/h3-6,8-10,13-14,21-22H,7,11-12,15-16H2,1-2H3. The van der Waals surface area contributed by atoms with E-state index in [0.717, 1.165) is 24.8 Å². The van der Waals surface area contributed by atoms with Crippen molar-refractivity contribution in [3.8, 4) is 0 Å². The Labute approximate surface area is 161 Å². The van der Waals surface area contributed by atoms with Crippen molar-refractivity contribution < 1.29 is 9.53 Å². The molecule has 0 aromatic heterocycles. The number of rotatable bonds is 3. The molecule has 1 saturated heterocycles. The SMILES string of the molecule is Cc1cccc(C2=CC3CCCC(C2)N3C(=O)OCc2ccccc2)c1C. The second-order valence-electron chi connectivity index (χ2n) is 7.74. The molecule has 0 spiro atoms. The van der Waals surface area contributed by atoms with E-state index < -0.39 is 0 Å². The molecule has 2 unspecified atom stereocenters. The summed E-state index contributed by atoms with van der Waals surface area (Å²) in [7, 11) is 0. The fraction of sp³-hybridized carbons (Fsp3) is 0.375. The highest BCUT2D eigenvalue weighted by atomic mass is 16.6. The van der Waals surface area contributed by atoms with Crippen LogP contribution < -0.4 is 0 Å². The Hall–Kier alpha value is -2.55. The number of hydrogen-bond acceptors (Lipinski definition) is 2. The summed E-state index contributed by atoms with van der Waals surface area (Å²) in [5.41, 5.74) is 6.42. The van der Waals surface area contributed by atoms with Crippen LogP contribution in [0.2, 0.25) is 0 Å². The van der Waals surface area contributed by atoms with Crippen molar-refractivity contribution in [3.63, 3.8) is 0 Å². The Kier molecular flexibility index (Phi) is 5.02. The zero-order valence-corrected chi connectivity index (χ0v) is 16.2. The van der Waals surface area contributed by atoms with Crippen LogP contribution in [0.4, 0.5) is 4.79 Å². The van der Waals surface area contributed by atoms with Gasteiger partial charge in [-0.05, 0) is 67.4 Å². The first-order valence-electron chi connectivity index (χ1n) is 9.90. The highest BCUT2D eigenvalue weighted by molar-refractivity contribution is 5.75. The minimum atomic E-state index is -0.176. The van der Waals surface area contributed by atoms with E-state index in [4.69, 9.17) is 4.74 Å². The van der Waals surface area contributed by atoms with Gasteiger partial charge >= 0.3 is 6.09 Å². The monoisotopic (exact) mass is 361 g/mol. The lowest BCUT2D eigenvalue weighted by Crippen LogP contribution is -2.51. The summed E-state index contributed by atoms with van der Waals surface area (Å²) in [4.78, 5) is 14.8. The number of hydrogen-bond donors (Lipinski definition) is 0. The Balaban J connectivity index is 1.53. The van der Waals surface area contributed by atoms with Crippen LogP contribution in [0.15, 0.2) is 54.6 Å². The summed E-state index contributed by atoms with van der Waals surface area (Å²) in [5, 5.41) is 0. The van der Waals surface area contributed by atoms with Gasteiger partial charge < -0.3 is 4.74 Å². The smallest absolute Gasteiger partial charge is 0.410 e. The van der Waals surface area contributed by atoms with E-state index in [9.17, 15) is 4.79 Å². The number of carbonyl (C=O) groups is 1. The highest BCUT2D eigenvalue weighted by Crippen LogP contribution is 2.38. The van der Waals surface area contributed by atoms with E-state index in [2.05, 4.69) is 38.1 Å². The lowest BCUT2D eigenvalue weighted by atomic mass is 9.81. The zero-order chi connectivity index (χ0) is 18.8. The summed E-state index contributed by atoms with van der Waals surface area (Å²) in [6.07, 6.45) is 6.30. The number of amides is 1.